The molecule has 3 aromatic rings. The summed E-state index contributed by atoms with van der Waals surface area (Å²) in [6, 6.07) is 16.3. The number of nitrogens with zero attached hydrogens (tertiary/aromatic N) is 1. The second-order valence-corrected chi connectivity index (χ2v) is 5.75. The number of ketones is 1. The lowest BCUT2D eigenvalue weighted by Gasteiger charge is -2.10. The minimum atomic E-state index is -0.278. The van der Waals surface area contributed by atoms with Crippen LogP contribution >= 0.6 is 0 Å². The maximum Gasteiger partial charge on any atom is 0.262 e. The number of pyridine rings is 1. The Bertz CT molecular complexity index is 933. The fourth-order valence-corrected chi connectivity index (χ4v) is 2.46. The molecule has 0 aliphatic carbocycles. The van der Waals surface area contributed by atoms with Crippen molar-refractivity contribution in [2.24, 2.45) is 0 Å². The number of anilines is 1. The number of aromatic nitrogens is 1. The zero-order valence-corrected chi connectivity index (χ0v) is 14.1. The molecule has 5 nitrogen and oxygen atoms in total. The van der Waals surface area contributed by atoms with Crippen LogP contribution in [0.5, 0.6) is 5.75 Å². The van der Waals surface area contributed by atoms with Gasteiger partial charge in [-0.1, -0.05) is 18.2 Å². The number of hydrogen-bond donors (Lipinski definition) is 1. The summed E-state index contributed by atoms with van der Waals surface area (Å²) in [4.78, 5) is 27.8. The van der Waals surface area contributed by atoms with Crippen LogP contribution in [0.3, 0.4) is 0 Å². The average Bonchev–Trinajstić information content (AvgIpc) is 2.60. The van der Waals surface area contributed by atoms with Crippen molar-refractivity contribution in [2.45, 2.75) is 13.8 Å². The zero-order valence-electron chi connectivity index (χ0n) is 14.1. The molecule has 2 aromatic carbocycles. The topological polar surface area (TPSA) is 68.3 Å². The fourth-order valence-electron chi connectivity index (χ4n) is 2.46. The van der Waals surface area contributed by atoms with Crippen LogP contribution < -0.4 is 10.1 Å². The van der Waals surface area contributed by atoms with E-state index in [1.165, 1.54) is 6.92 Å². The Balaban J connectivity index is 1.66. The molecule has 0 aliphatic rings. The summed E-state index contributed by atoms with van der Waals surface area (Å²) in [5.74, 6) is 0.281. The largest absolute Gasteiger partial charge is 0.481 e. The Labute approximate surface area is 145 Å². The van der Waals surface area contributed by atoms with Crippen molar-refractivity contribution in [1.29, 1.82) is 0 Å². The van der Waals surface area contributed by atoms with Gasteiger partial charge in [0.1, 0.15) is 11.3 Å². The van der Waals surface area contributed by atoms with Crippen molar-refractivity contribution in [3.63, 3.8) is 0 Å². The highest BCUT2D eigenvalue weighted by atomic mass is 16.5. The van der Waals surface area contributed by atoms with E-state index in [-0.39, 0.29) is 18.3 Å². The predicted molar refractivity (Wildman–Crippen MR) is 97.1 cm³/mol. The number of benzene rings is 2. The van der Waals surface area contributed by atoms with Gasteiger partial charge in [-0.05, 0) is 50.2 Å². The van der Waals surface area contributed by atoms with Gasteiger partial charge in [-0.15, -0.1) is 0 Å². The number of carbonyl (C=O) groups excluding carboxylic acids is 2. The molecule has 0 unspecified atom stereocenters. The van der Waals surface area contributed by atoms with Crippen molar-refractivity contribution >= 4 is 28.3 Å². The molecule has 1 heterocycles. The quantitative estimate of drug-likeness (QED) is 0.721. The highest BCUT2D eigenvalue weighted by Crippen LogP contribution is 2.23. The Morgan fingerprint density at radius 2 is 1.80 bits per heavy atom. The summed E-state index contributed by atoms with van der Waals surface area (Å²) in [6.07, 6.45) is 0. The SMILES string of the molecule is CC(=O)c1ccc(NC(=O)COc2cccc3ccc(C)nc23)cc1. The molecule has 0 saturated heterocycles. The number of aryl methyl sites for hydroxylation is 1. The first-order valence-corrected chi connectivity index (χ1v) is 7.93. The molecular formula is C20H18N2O3. The van der Waals surface area contributed by atoms with E-state index in [2.05, 4.69) is 10.3 Å². The van der Waals surface area contributed by atoms with E-state index in [9.17, 15) is 9.59 Å². The number of amides is 1. The number of ether oxygens (including phenoxy) is 1. The molecule has 1 aromatic heterocycles. The van der Waals surface area contributed by atoms with E-state index in [4.69, 9.17) is 4.74 Å². The van der Waals surface area contributed by atoms with Gasteiger partial charge in [-0.3, -0.25) is 9.59 Å². The number of rotatable bonds is 5. The lowest BCUT2D eigenvalue weighted by Crippen LogP contribution is -2.20. The smallest absolute Gasteiger partial charge is 0.262 e. The lowest BCUT2D eigenvalue weighted by molar-refractivity contribution is -0.118. The van der Waals surface area contributed by atoms with E-state index in [1.807, 2.05) is 31.2 Å². The van der Waals surface area contributed by atoms with Gasteiger partial charge in [-0.25, -0.2) is 4.98 Å². The number of fused-ring (bicyclic) bond motifs is 1. The molecule has 0 radical (unpaired) electrons. The average molecular weight is 334 g/mol. The molecule has 0 atom stereocenters. The molecule has 5 heteroatoms. The van der Waals surface area contributed by atoms with Crippen LogP contribution in [0.15, 0.2) is 54.6 Å². The summed E-state index contributed by atoms with van der Waals surface area (Å²) < 4.78 is 5.64. The second-order valence-electron chi connectivity index (χ2n) is 5.75. The van der Waals surface area contributed by atoms with Crippen LogP contribution in [0.2, 0.25) is 0 Å². The van der Waals surface area contributed by atoms with Gasteiger partial charge in [0.2, 0.25) is 0 Å². The van der Waals surface area contributed by atoms with Crippen molar-refractivity contribution in [2.75, 3.05) is 11.9 Å². The third-order valence-corrected chi connectivity index (χ3v) is 3.76. The summed E-state index contributed by atoms with van der Waals surface area (Å²) in [5.41, 5.74) is 2.84. The van der Waals surface area contributed by atoms with Gasteiger partial charge in [0.05, 0.1) is 0 Å². The molecule has 126 valence electrons. The summed E-state index contributed by atoms with van der Waals surface area (Å²) in [6.45, 7) is 3.29. The summed E-state index contributed by atoms with van der Waals surface area (Å²) in [7, 11) is 0. The molecule has 0 fully saturated rings. The molecule has 0 saturated carbocycles. The molecule has 0 bridgehead atoms. The first-order valence-electron chi connectivity index (χ1n) is 7.93. The standard InChI is InChI=1S/C20H18N2O3/c1-13-6-7-16-4-3-5-18(20(16)21-13)25-12-19(24)22-17-10-8-15(9-11-17)14(2)23/h3-11H,12H2,1-2H3,(H,22,24). The zero-order chi connectivity index (χ0) is 17.8. The van der Waals surface area contributed by atoms with Crippen molar-refractivity contribution in [1.82, 2.24) is 4.98 Å². The summed E-state index contributed by atoms with van der Waals surface area (Å²) in [5, 5.41) is 3.70. The number of nitrogens with one attached hydrogen (secondary N) is 1. The van der Waals surface area contributed by atoms with Gasteiger partial charge in [0.25, 0.3) is 5.91 Å². The van der Waals surface area contributed by atoms with Crippen molar-refractivity contribution in [3.8, 4) is 5.75 Å². The van der Waals surface area contributed by atoms with Gasteiger partial charge in [0, 0.05) is 22.3 Å². The minimum Gasteiger partial charge on any atom is -0.481 e. The molecule has 1 N–H and O–H groups in total. The third kappa shape index (κ3) is 4.01. The van der Waals surface area contributed by atoms with Crippen molar-refractivity contribution < 1.29 is 14.3 Å². The normalized spacial score (nSPS) is 10.5. The molecule has 0 spiro atoms. The minimum absolute atomic E-state index is 0.0139. The highest BCUT2D eigenvalue weighted by Gasteiger charge is 2.08. The molecule has 1 amide bonds. The molecular weight excluding hydrogens is 316 g/mol. The number of para-hydroxylation sites is 1. The van der Waals surface area contributed by atoms with Gasteiger partial charge in [0.15, 0.2) is 12.4 Å². The lowest BCUT2D eigenvalue weighted by atomic mass is 10.1. The molecule has 0 aliphatic heterocycles. The van der Waals surface area contributed by atoms with Gasteiger partial charge in [-0.2, -0.15) is 0 Å². The van der Waals surface area contributed by atoms with E-state index in [0.717, 1.165) is 16.6 Å². The fraction of sp³-hybridized carbons (Fsp3) is 0.150. The summed E-state index contributed by atoms with van der Waals surface area (Å²) >= 11 is 0. The Morgan fingerprint density at radius 1 is 1.04 bits per heavy atom. The van der Waals surface area contributed by atoms with Crippen LogP contribution in [0.4, 0.5) is 5.69 Å². The van der Waals surface area contributed by atoms with Crippen LogP contribution in [0, 0.1) is 6.92 Å². The maximum absolute atomic E-state index is 12.1. The van der Waals surface area contributed by atoms with E-state index in [1.54, 1.807) is 30.3 Å². The van der Waals surface area contributed by atoms with E-state index >= 15 is 0 Å². The first-order chi connectivity index (χ1) is 12.0. The monoisotopic (exact) mass is 334 g/mol. The predicted octanol–water partition coefficient (Wildman–Crippen LogP) is 3.76. The van der Waals surface area contributed by atoms with Crippen LogP contribution in [0.25, 0.3) is 10.9 Å². The van der Waals surface area contributed by atoms with Crippen molar-refractivity contribution in [3.05, 3.63) is 65.9 Å². The van der Waals surface area contributed by atoms with Crippen LogP contribution in [0.1, 0.15) is 23.0 Å². The highest BCUT2D eigenvalue weighted by molar-refractivity contribution is 5.96. The number of Topliss-reactive ketones (excluding diaryl/α,β-unsaturated/α-hetero) is 1. The van der Waals surface area contributed by atoms with Crippen LogP contribution in [-0.2, 0) is 4.79 Å². The second kappa shape index (κ2) is 7.13. The first kappa shape index (κ1) is 16.6. The van der Waals surface area contributed by atoms with Gasteiger partial charge >= 0.3 is 0 Å². The number of carbonyl (C=O) groups is 2. The molecule has 3 rings (SSSR count). The Kier molecular flexibility index (Phi) is 4.75. The molecule has 25 heavy (non-hydrogen) atoms. The van der Waals surface area contributed by atoms with Gasteiger partial charge < -0.3 is 10.1 Å². The number of hydrogen-bond acceptors (Lipinski definition) is 4. The van der Waals surface area contributed by atoms with E-state index in [0.29, 0.717) is 17.0 Å². The third-order valence-electron chi connectivity index (χ3n) is 3.76. The Hall–Kier alpha value is -3.21. The van der Waals surface area contributed by atoms with Crippen LogP contribution in [-0.4, -0.2) is 23.3 Å². The van der Waals surface area contributed by atoms with E-state index < -0.39 is 0 Å². The maximum atomic E-state index is 12.1. The Morgan fingerprint density at radius 3 is 2.52 bits per heavy atom.